The number of nitrogens with one attached hydrogen (secondary N) is 1. The average Bonchev–Trinajstić information content (AvgIpc) is 3.38. The molecule has 0 aliphatic rings. The van der Waals surface area contributed by atoms with Gasteiger partial charge in [-0.3, -0.25) is 20.2 Å². The van der Waals surface area contributed by atoms with Gasteiger partial charge in [0.2, 0.25) is 0 Å². The molecule has 11 heteroatoms. The van der Waals surface area contributed by atoms with Gasteiger partial charge < -0.3 is 5.11 Å². The fourth-order valence-electron chi connectivity index (χ4n) is 2.67. The molecule has 0 unspecified atom stereocenters. The van der Waals surface area contributed by atoms with Gasteiger partial charge in [0.15, 0.2) is 5.13 Å². The Labute approximate surface area is 173 Å². The number of phenolic OH excluding ortho intramolecular Hbond substituents is 1. The summed E-state index contributed by atoms with van der Waals surface area (Å²) in [7, 11) is 0. The monoisotopic (exact) mass is 422 g/mol. The zero-order valence-corrected chi connectivity index (χ0v) is 16.3. The van der Waals surface area contributed by atoms with Gasteiger partial charge in [-0.2, -0.15) is 0 Å². The number of hydrogen-bond donors (Lipinski definition) is 2. The highest BCUT2D eigenvalue weighted by molar-refractivity contribution is 7.18. The molecule has 0 aliphatic heterocycles. The van der Waals surface area contributed by atoms with Gasteiger partial charge in [0.05, 0.1) is 22.4 Å². The van der Waals surface area contributed by atoms with Crippen molar-refractivity contribution in [2.24, 2.45) is 0 Å². The van der Waals surface area contributed by atoms with Crippen LogP contribution in [0.25, 0.3) is 16.9 Å². The predicted molar refractivity (Wildman–Crippen MR) is 110 cm³/mol. The summed E-state index contributed by atoms with van der Waals surface area (Å²) in [5.74, 6) is -0.911. The van der Waals surface area contributed by atoms with E-state index in [1.54, 1.807) is 12.3 Å². The van der Waals surface area contributed by atoms with E-state index < -0.39 is 10.8 Å². The molecule has 2 aromatic heterocycles. The normalized spacial score (nSPS) is 10.7. The fraction of sp³-hybridized carbons (Fsp3) is 0.0526. The lowest BCUT2D eigenvalue weighted by atomic mass is 10.1. The number of nitrogens with zero attached hydrogens (tertiary/aromatic N) is 5. The minimum Gasteiger partial charge on any atom is -0.507 e. The first-order valence-corrected chi connectivity index (χ1v) is 9.47. The van der Waals surface area contributed by atoms with E-state index in [9.17, 15) is 20.0 Å². The van der Waals surface area contributed by atoms with E-state index in [1.165, 1.54) is 16.8 Å². The van der Waals surface area contributed by atoms with Gasteiger partial charge in [-0.05, 0) is 30.4 Å². The highest BCUT2D eigenvalue weighted by Crippen LogP contribution is 2.27. The molecule has 0 aliphatic carbocycles. The maximum Gasteiger partial charge on any atom is 0.345 e. The van der Waals surface area contributed by atoms with Crippen LogP contribution in [0, 0.1) is 17.0 Å². The zero-order valence-electron chi connectivity index (χ0n) is 15.5. The van der Waals surface area contributed by atoms with Crippen molar-refractivity contribution >= 4 is 27.4 Å². The SMILES string of the molecule is Cc1ccc(-c2cn(-c3ccc(C(=O)Nc4ncc([N+](=O)[O-])s4)c(O)c3)nn2)cc1. The molecule has 0 saturated heterocycles. The number of carbonyl (C=O) groups is 1. The van der Waals surface area contributed by atoms with Gasteiger partial charge in [0.1, 0.15) is 17.6 Å². The summed E-state index contributed by atoms with van der Waals surface area (Å²) in [5.41, 5.74) is 3.22. The first-order valence-electron chi connectivity index (χ1n) is 8.65. The number of carbonyl (C=O) groups excluding carboxylic acids is 1. The molecule has 30 heavy (non-hydrogen) atoms. The molecule has 10 nitrogen and oxygen atoms in total. The molecule has 2 heterocycles. The molecule has 2 aromatic carbocycles. The van der Waals surface area contributed by atoms with E-state index in [0.717, 1.165) is 28.7 Å². The maximum absolute atomic E-state index is 12.4. The summed E-state index contributed by atoms with van der Waals surface area (Å²) in [6.07, 6.45) is 2.77. The quantitative estimate of drug-likeness (QED) is 0.371. The van der Waals surface area contributed by atoms with Crippen LogP contribution < -0.4 is 5.32 Å². The summed E-state index contributed by atoms with van der Waals surface area (Å²) in [6, 6.07) is 12.2. The van der Waals surface area contributed by atoms with E-state index in [4.69, 9.17) is 0 Å². The molecule has 0 atom stereocenters. The molecule has 0 bridgehead atoms. The van der Waals surface area contributed by atoms with Gasteiger partial charge in [0, 0.05) is 11.6 Å². The second-order valence-corrected chi connectivity index (χ2v) is 7.34. The maximum atomic E-state index is 12.4. The summed E-state index contributed by atoms with van der Waals surface area (Å²) < 4.78 is 1.49. The third kappa shape index (κ3) is 3.86. The second-order valence-electron chi connectivity index (χ2n) is 6.33. The molecule has 0 radical (unpaired) electrons. The number of amides is 1. The lowest BCUT2D eigenvalue weighted by Crippen LogP contribution is -2.12. The van der Waals surface area contributed by atoms with E-state index in [0.29, 0.717) is 11.4 Å². The summed E-state index contributed by atoms with van der Waals surface area (Å²) in [5, 5.41) is 31.5. The number of thiazole rings is 1. The summed E-state index contributed by atoms with van der Waals surface area (Å²) in [6.45, 7) is 2.00. The fourth-order valence-corrected chi connectivity index (χ4v) is 3.30. The average molecular weight is 422 g/mol. The van der Waals surface area contributed by atoms with Crippen LogP contribution in [-0.4, -0.2) is 35.9 Å². The predicted octanol–water partition coefficient (Wildman–Crippen LogP) is 3.57. The van der Waals surface area contributed by atoms with Gasteiger partial charge in [0.25, 0.3) is 5.91 Å². The first-order chi connectivity index (χ1) is 14.4. The Kier molecular flexibility index (Phi) is 4.94. The molecule has 150 valence electrons. The molecular weight excluding hydrogens is 408 g/mol. The smallest absolute Gasteiger partial charge is 0.345 e. The van der Waals surface area contributed by atoms with E-state index in [-0.39, 0.29) is 21.4 Å². The lowest BCUT2D eigenvalue weighted by Gasteiger charge is -2.06. The molecular formula is C19H14N6O4S. The van der Waals surface area contributed by atoms with Crippen LogP contribution in [0.5, 0.6) is 5.75 Å². The van der Waals surface area contributed by atoms with Gasteiger partial charge in [-0.15, -0.1) is 5.10 Å². The van der Waals surface area contributed by atoms with E-state index in [2.05, 4.69) is 20.6 Å². The van der Waals surface area contributed by atoms with Crippen molar-refractivity contribution in [2.75, 3.05) is 5.32 Å². The van der Waals surface area contributed by atoms with Gasteiger partial charge in [-0.1, -0.05) is 35.0 Å². The Bertz CT molecular complexity index is 1250. The number of hydrogen-bond acceptors (Lipinski definition) is 8. The van der Waals surface area contributed by atoms with Crippen molar-refractivity contribution in [1.82, 2.24) is 20.0 Å². The number of anilines is 1. The second kappa shape index (κ2) is 7.72. The van der Waals surface area contributed by atoms with Crippen molar-refractivity contribution in [3.05, 3.63) is 76.1 Å². The van der Waals surface area contributed by atoms with Crippen LogP contribution in [0.1, 0.15) is 15.9 Å². The number of benzene rings is 2. The standard InChI is InChI=1S/C19H14N6O4S/c1-11-2-4-12(5-3-11)15-10-24(23-22-15)13-6-7-14(16(26)8-13)18(27)21-19-20-9-17(30-19)25(28)29/h2-10,26H,1H3,(H,20,21,27). The van der Waals surface area contributed by atoms with Crippen molar-refractivity contribution in [3.8, 4) is 22.7 Å². The highest BCUT2D eigenvalue weighted by atomic mass is 32.1. The Morgan fingerprint density at radius 3 is 2.67 bits per heavy atom. The van der Waals surface area contributed by atoms with Crippen LogP contribution in [0.15, 0.2) is 54.9 Å². The van der Waals surface area contributed by atoms with Crippen molar-refractivity contribution in [2.45, 2.75) is 6.92 Å². The lowest BCUT2D eigenvalue weighted by molar-refractivity contribution is -0.380. The third-order valence-electron chi connectivity index (χ3n) is 4.23. The molecule has 0 spiro atoms. The number of aromatic hydroxyl groups is 1. The molecule has 1 amide bonds. The van der Waals surface area contributed by atoms with E-state index >= 15 is 0 Å². The zero-order chi connectivity index (χ0) is 21.3. The first kappa shape index (κ1) is 19.2. The summed E-state index contributed by atoms with van der Waals surface area (Å²) in [4.78, 5) is 26.3. The summed E-state index contributed by atoms with van der Waals surface area (Å²) >= 11 is 0.725. The molecule has 0 fully saturated rings. The van der Waals surface area contributed by atoms with Crippen LogP contribution in [0.4, 0.5) is 10.1 Å². The number of nitro groups is 1. The molecule has 4 aromatic rings. The number of rotatable bonds is 5. The van der Waals surface area contributed by atoms with Crippen LogP contribution in [0.2, 0.25) is 0 Å². The number of aromatic nitrogens is 4. The van der Waals surface area contributed by atoms with Crippen LogP contribution >= 0.6 is 11.3 Å². The van der Waals surface area contributed by atoms with Crippen molar-refractivity contribution < 1.29 is 14.8 Å². The Morgan fingerprint density at radius 1 is 1.23 bits per heavy atom. The minimum atomic E-state index is -0.637. The Morgan fingerprint density at radius 2 is 2.00 bits per heavy atom. The number of phenols is 1. The molecule has 2 N–H and O–H groups in total. The minimum absolute atomic E-state index is 0.00419. The van der Waals surface area contributed by atoms with Crippen molar-refractivity contribution in [3.63, 3.8) is 0 Å². The molecule has 0 saturated carbocycles. The van der Waals surface area contributed by atoms with Crippen LogP contribution in [-0.2, 0) is 0 Å². The van der Waals surface area contributed by atoms with Crippen LogP contribution in [0.3, 0.4) is 0 Å². The Balaban J connectivity index is 1.53. The van der Waals surface area contributed by atoms with Gasteiger partial charge in [-0.25, -0.2) is 9.67 Å². The van der Waals surface area contributed by atoms with Gasteiger partial charge >= 0.3 is 5.00 Å². The topological polar surface area (TPSA) is 136 Å². The Hall–Kier alpha value is -4.12. The third-order valence-corrected chi connectivity index (χ3v) is 5.09. The molecule has 4 rings (SSSR count). The number of aryl methyl sites for hydroxylation is 1. The van der Waals surface area contributed by atoms with E-state index in [1.807, 2.05) is 31.2 Å². The highest BCUT2D eigenvalue weighted by Gasteiger charge is 2.17. The largest absolute Gasteiger partial charge is 0.507 e. The van der Waals surface area contributed by atoms with Crippen molar-refractivity contribution in [1.29, 1.82) is 0 Å².